The third-order valence-electron chi connectivity index (χ3n) is 3.69. The number of hydrogen-bond donors (Lipinski definition) is 2. The van der Waals surface area contributed by atoms with E-state index in [4.69, 9.17) is 10.5 Å². The second kappa shape index (κ2) is 5.67. The molecule has 0 heterocycles. The Bertz CT molecular complexity index is 405. The molecule has 100 valence electrons. The molecule has 0 unspecified atom stereocenters. The maximum atomic E-state index is 13.3. The molecule has 0 saturated heterocycles. The summed E-state index contributed by atoms with van der Waals surface area (Å²) in [5, 5.41) is 3.40. The zero-order chi connectivity index (χ0) is 13.0. The summed E-state index contributed by atoms with van der Waals surface area (Å²) < 4.78 is 18.4. The second-order valence-electron chi connectivity index (χ2n) is 5.20. The first-order valence-corrected chi connectivity index (χ1v) is 6.39. The molecule has 0 atom stereocenters. The molecule has 1 aliphatic carbocycles. The molecular weight excluding hydrogens is 231 g/mol. The number of hydrogen-bond acceptors (Lipinski definition) is 3. The number of rotatable bonds is 7. The van der Waals surface area contributed by atoms with E-state index >= 15 is 0 Å². The summed E-state index contributed by atoms with van der Waals surface area (Å²) in [5.74, 6) is -0.338. The van der Waals surface area contributed by atoms with Crippen molar-refractivity contribution < 1.29 is 9.13 Å². The van der Waals surface area contributed by atoms with Crippen LogP contribution in [0.15, 0.2) is 18.2 Å². The quantitative estimate of drug-likeness (QED) is 0.732. The number of anilines is 1. The minimum atomic E-state index is -0.338. The number of ether oxygens (including phenoxy) is 1. The van der Waals surface area contributed by atoms with Crippen molar-refractivity contribution in [3.8, 4) is 0 Å². The average molecular weight is 252 g/mol. The Morgan fingerprint density at radius 2 is 2.22 bits per heavy atom. The standard InChI is InChI=1S/C14H21FN2O/c1-18-7-6-14(4-5-14)10-17-9-11-2-3-13(16)12(15)8-11/h2-3,8,17H,4-7,9-10,16H2,1H3. The fourth-order valence-electron chi connectivity index (χ4n) is 2.16. The third-order valence-corrected chi connectivity index (χ3v) is 3.69. The lowest BCUT2D eigenvalue weighted by atomic mass is 10.0. The number of halogens is 1. The van der Waals surface area contributed by atoms with Gasteiger partial charge in [-0.2, -0.15) is 0 Å². The van der Waals surface area contributed by atoms with Crippen LogP contribution in [0, 0.1) is 11.2 Å². The van der Waals surface area contributed by atoms with Crippen LogP contribution in [-0.4, -0.2) is 20.3 Å². The molecule has 2 rings (SSSR count). The summed E-state index contributed by atoms with van der Waals surface area (Å²) in [6.07, 6.45) is 3.63. The van der Waals surface area contributed by atoms with E-state index in [1.54, 1.807) is 13.2 Å². The lowest BCUT2D eigenvalue weighted by molar-refractivity contribution is 0.171. The highest BCUT2D eigenvalue weighted by Crippen LogP contribution is 2.48. The summed E-state index contributed by atoms with van der Waals surface area (Å²) in [7, 11) is 1.74. The molecule has 4 heteroatoms. The molecule has 0 aromatic heterocycles. The average Bonchev–Trinajstić information content (AvgIpc) is 3.12. The van der Waals surface area contributed by atoms with E-state index in [9.17, 15) is 4.39 Å². The fraction of sp³-hybridized carbons (Fsp3) is 0.571. The maximum Gasteiger partial charge on any atom is 0.146 e. The van der Waals surface area contributed by atoms with Gasteiger partial charge >= 0.3 is 0 Å². The van der Waals surface area contributed by atoms with Crippen molar-refractivity contribution in [2.75, 3.05) is 26.0 Å². The number of methoxy groups -OCH3 is 1. The minimum absolute atomic E-state index is 0.206. The van der Waals surface area contributed by atoms with Crippen LogP contribution in [0.5, 0.6) is 0 Å². The predicted octanol–water partition coefficient (Wildman–Crippen LogP) is 2.31. The summed E-state index contributed by atoms with van der Waals surface area (Å²) in [4.78, 5) is 0. The van der Waals surface area contributed by atoms with Crippen molar-refractivity contribution in [1.29, 1.82) is 0 Å². The van der Waals surface area contributed by atoms with Gasteiger partial charge in [-0.25, -0.2) is 4.39 Å². The van der Waals surface area contributed by atoms with Crippen LogP contribution in [-0.2, 0) is 11.3 Å². The van der Waals surface area contributed by atoms with Gasteiger partial charge < -0.3 is 15.8 Å². The highest BCUT2D eigenvalue weighted by Gasteiger charge is 2.41. The Morgan fingerprint density at radius 1 is 1.44 bits per heavy atom. The molecule has 1 aromatic rings. The molecule has 1 fully saturated rings. The summed E-state index contributed by atoms with van der Waals surface area (Å²) in [5.41, 5.74) is 7.00. The van der Waals surface area contributed by atoms with Crippen LogP contribution in [0.1, 0.15) is 24.8 Å². The maximum absolute atomic E-state index is 13.3. The molecule has 0 bridgehead atoms. The second-order valence-corrected chi connectivity index (χ2v) is 5.20. The van der Waals surface area contributed by atoms with Crippen LogP contribution in [0.3, 0.4) is 0 Å². The highest BCUT2D eigenvalue weighted by atomic mass is 19.1. The van der Waals surface area contributed by atoms with Gasteiger partial charge in [0.25, 0.3) is 0 Å². The van der Waals surface area contributed by atoms with Crippen LogP contribution in [0.4, 0.5) is 10.1 Å². The van der Waals surface area contributed by atoms with Gasteiger partial charge in [-0.05, 0) is 42.4 Å². The van der Waals surface area contributed by atoms with Crippen molar-refractivity contribution in [2.24, 2.45) is 5.41 Å². The fourth-order valence-corrected chi connectivity index (χ4v) is 2.16. The summed E-state index contributed by atoms with van der Waals surface area (Å²) >= 11 is 0. The smallest absolute Gasteiger partial charge is 0.146 e. The molecule has 0 spiro atoms. The van der Waals surface area contributed by atoms with Crippen molar-refractivity contribution >= 4 is 5.69 Å². The number of nitrogen functional groups attached to an aromatic ring is 1. The molecule has 1 aliphatic rings. The number of nitrogens with two attached hydrogens (primary N) is 1. The first-order chi connectivity index (χ1) is 8.65. The monoisotopic (exact) mass is 252 g/mol. The Balaban J connectivity index is 1.76. The third kappa shape index (κ3) is 3.43. The zero-order valence-electron chi connectivity index (χ0n) is 10.8. The van der Waals surface area contributed by atoms with Crippen LogP contribution in [0.25, 0.3) is 0 Å². The van der Waals surface area contributed by atoms with Crippen LogP contribution >= 0.6 is 0 Å². The van der Waals surface area contributed by atoms with Gasteiger partial charge in [0.1, 0.15) is 5.82 Å². The molecule has 1 aromatic carbocycles. The molecular formula is C14H21FN2O. The van der Waals surface area contributed by atoms with Crippen LogP contribution < -0.4 is 11.1 Å². The summed E-state index contributed by atoms with van der Waals surface area (Å²) in [6, 6.07) is 4.97. The van der Waals surface area contributed by atoms with Crippen molar-refractivity contribution in [3.05, 3.63) is 29.6 Å². The van der Waals surface area contributed by atoms with Gasteiger partial charge in [0.05, 0.1) is 5.69 Å². The minimum Gasteiger partial charge on any atom is -0.396 e. The van der Waals surface area contributed by atoms with E-state index in [1.165, 1.54) is 18.9 Å². The number of benzene rings is 1. The first kappa shape index (κ1) is 13.3. The van der Waals surface area contributed by atoms with Gasteiger partial charge in [0.2, 0.25) is 0 Å². The predicted molar refractivity (Wildman–Crippen MR) is 70.7 cm³/mol. The van der Waals surface area contributed by atoms with E-state index in [0.717, 1.165) is 25.1 Å². The van der Waals surface area contributed by atoms with Gasteiger partial charge in [-0.1, -0.05) is 6.07 Å². The van der Waals surface area contributed by atoms with E-state index in [0.29, 0.717) is 12.0 Å². The molecule has 3 nitrogen and oxygen atoms in total. The molecule has 18 heavy (non-hydrogen) atoms. The van der Waals surface area contributed by atoms with E-state index in [-0.39, 0.29) is 11.5 Å². The van der Waals surface area contributed by atoms with Crippen LogP contribution in [0.2, 0.25) is 0 Å². The Kier molecular flexibility index (Phi) is 4.19. The number of nitrogens with one attached hydrogen (secondary N) is 1. The SMILES string of the molecule is COCCC1(CNCc2ccc(N)c(F)c2)CC1. The Hall–Kier alpha value is -1.13. The van der Waals surface area contributed by atoms with Gasteiger partial charge in [-0.3, -0.25) is 0 Å². The van der Waals surface area contributed by atoms with Crippen molar-refractivity contribution in [2.45, 2.75) is 25.8 Å². The summed E-state index contributed by atoms with van der Waals surface area (Å²) in [6.45, 7) is 2.48. The van der Waals surface area contributed by atoms with Gasteiger partial charge in [0, 0.05) is 26.8 Å². The van der Waals surface area contributed by atoms with Gasteiger partial charge in [-0.15, -0.1) is 0 Å². The van der Waals surface area contributed by atoms with E-state index < -0.39 is 0 Å². The lowest BCUT2D eigenvalue weighted by Crippen LogP contribution is -2.24. The van der Waals surface area contributed by atoms with Gasteiger partial charge in [0.15, 0.2) is 0 Å². The largest absolute Gasteiger partial charge is 0.396 e. The van der Waals surface area contributed by atoms with Crippen molar-refractivity contribution in [3.63, 3.8) is 0 Å². The molecule has 0 amide bonds. The lowest BCUT2D eigenvalue weighted by Gasteiger charge is -2.15. The topological polar surface area (TPSA) is 47.3 Å². The molecule has 0 radical (unpaired) electrons. The Labute approximate surface area is 108 Å². The molecule has 0 aliphatic heterocycles. The normalized spacial score (nSPS) is 16.8. The Morgan fingerprint density at radius 3 is 2.83 bits per heavy atom. The van der Waals surface area contributed by atoms with E-state index in [2.05, 4.69) is 5.32 Å². The first-order valence-electron chi connectivity index (χ1n) is 6.39. The molecule has 3 N–H and O–H groups in total. The zero-order valence-corrected chi connectivity index (χ0v) is 10.8. The van der Waals surface area contributed by atoms with Crippen molar-refractivity contribution in [1.82, 2.24) is 5.32 Å². The molecule has 1 saturated carbocycles. The highest BCUT2D eigenvalue weighted by molar-refractivity contribution is 5.41. The van der Waals surface area contributed by atoms with E-state index in [1.807, 2.05) is 6.07 Å².